The third kappa shape index (κ3) is 13.0. The molecule has 2 rings (SSSR count). The minimum atomic E-state index is -1.24. The van der Waals surface area contributed by atoms with Crippen LogP contribution in [0.1, 0.15) is 21.0 Å². The fourth-order valence-corrected chi connectivity index (χ4v) is 0.967. The van der Waals surface area contributed by atoms with Crippen molar-refractivity contribution in [1.82, 2.24) is 9.97 Å². The summed E-state index contributed by atoms with van der Waals surface area (Å²) in [6, 6.07) is 9.25. The summed E-state index contributed by atoms with van der Waals surface area (Å²) in [6.45, 7) is 0. The molecule has 23 heavy (non-hydrogen) atoms. The van der Waals surface area contributed by atoms with Crippen LogP contribution in [0.25, 0.3) is 0 Å². The number of hydrogen-bond donors (Lipinski definition) is 0. The summed E-state index contributed by atoms with van der Waals surface area (Å²) in [5.74, 6) is -2.48. The second kappa shape index (κ2) is 17.6. The molecule has 0 saturated heterocycles. The van der Waals surface area contributed by atoms with Crippen LogP contribution in [-0.4, -0.2) is 43.8 Å². The molecule has 0 spiro atoms. The summed E-state index contributed by atoms with van der Waals surface area (Å²) in [5, 5.41) is 20.1. The van der Waals surface area contributed by atoms with E-state index in [0.29, 0.717) is 0 Å². The van der Waals surface area contributed by atoms with Gasteiger partial charge in [-0.2, -0.15) is 0 Å². The molecular formula is C12H16N2NiO8. The molecule has 0 radical (unpaired) electrons. The van der Waals surface area contributed by atoms with Gasteiger partial charge in [0, 0.05) is 12.4 Å². The molecule has 0 bridgehead atoms. The van der Waals surface area contributed by atoms with Crippen molar-refractivity contribution < 1.29 is 58.2 Å². The number of carbonyl (C=O) groups excluding carboxylic acids is 2. The number of carbonyl (C=O) groups is 2. The van der Waals surface area contributed by atoms with Gasteiger partial charge >= 0.3 is 16.5 Å². The number of aromatic nitrogens is 2. The average Bonchev–Trinajstić information content (AvgIpc) is 2.41. The Labute approximate surface area is 141 Å². The Morgan fingerprint density at radius 1 is 0.696 bits per heavy atom. The van der Waals surface area contributed by atoms with Crippen molar-refractivity contribution >= 4 is 11.9 Å². The molecule has 2 aromatic rings. The van der Waals surface area contributed by atoms with E-state index in [0.717, 1.165) is 0 Å². The van der Waals surface area contributed by atoms with E-state index in [1.54, 1.807) is 24.3 Å². The van der Waals surface area contributed by atoms with E-state index in [2.05, 4.69) is 9.97 Å². The normalized spacial score (nSPS) is 6.96. The Bertz CT molecular complexity index is 478. The van der Waals surface area contributed by atoms with E-state index >= 15 is 0 Å². The van der Waals surface area contributed by atoms with Gasteiger partial charge in [0.15, 0.2) is 0 Å². The standard InChI is InChI=1S/2C6H5NO2.Ni.4H2O/c2*8-6(9)5-3-1-2-4-7-5;;;;;/h2*1-4H,(H,8,9);;4*1H2/q;;+2;;;;/p-2. The Morgan fingerprint density at radius 3 is 1.13 bits per heavy atom. The minimum absolute atomic E-state index is 0. The number of pyridine rings is 2. The van der Waals surface area contributed by atoms with Crippen molar-refractivity contribution in [3.8, 4) is 0 Å². The van der Waals surface area contributed by atoms with Gasteiger partial charge in [0.1, 0.15) is 0 Å². The molecule has 0 aliphatic rings. The minimum Gasteiger partial charge on any atom is -0.543 e. The van der Waals surface area contributed by atoms with Crippen molar-refractivity contribution in [3.63, 3.8) is 0 Å². The second-order valence-electron chi connectivity index (χ2n) is 3.00. The number of nitrogens with zero attached hydrogens (tertiary/aromatic N) is 2. The average molecular weight is 375 g/mol. The van der Waals surface area contributed by atoms with Gasteiger partial charge in [0.25, 0.3) is 0 Å². The van der Waals surface area contributed by atoms with Crippen molar-refractivity contribution in [2.75, 3.05) is 0 Å². The summed E-state index contributed by atoms with van der Waals surface area (Å²) in [5.41, 5.74) is -0.0602. The van der Waals surface area contributed by atoms with Gasteiger partial charge in [-0.3, -0.25) is 9.97 Å². The zero-order chi connectivity index (χ0) is 13.4. The topological polar surface area (TPSA) is 232 Å². The first-order valence-corrected chi connectivity index (χ1v) is 4.86. The van der Waals surface area contributed by atoms with Crippen LogP contribution in [0, 0.1) is 0 Å². The van der Waals surface area contributed by atoms with Crippen molar-refractivity contribution in [1.29, 1.82) is 0 Å². The molecule has 11 heteroatoms. The summed E-state index contributed by atoms with van der Waals surface area (Å²) < 4.78 is 0. The maximum Gasteiger partial charge on any atom is 2.00 e. The molecule has 0 aliphatic carbocycles. The van der Waals surface area contributed by atoms with Gasteiger partial charge < -0.3 is 41.7 Å². The smallest absolute Gasteiger partial charge is 0.543 e. The van der Waals surface area contributed by atoms with Crippen LogP contribution in [-0.2, 0) is 16.5 Å². The van der Waals surface area contributed by atoms with Crippen LogP contribution in [0.3, 0.4) is 0 Å². The summed E-state index contributed by atoms with van der Waals surface area (Å²) in [6.07, 6.45) is 2.82. The van der Waals surface area contributed by atoms with Gasteiger partial charge in [-0.05, 0) is 24.3 Å². The van der Waals surface area contributed by atoms with E-state index in [1.807, 2.05) is 0 Å². The van der Waals surface area contributed by atoms with E-state index in [9.17, 15) is 19.8 Å². The quantitative estimate of drug-likeness (QED) is 0.469. The van der Waals surface area contributed by atoms with E-state index in [4.69, 9.17) is 0 Å². The Hall–Kier alpha value is -2.43. The SMILES string of the molecule is O.O.O.O.O=C([O-])c1ccccn1.O=C([O-])c1ccccn1.[Ni+2]. The largest absolute Gasteiger partial charge is 2.00 e. The third-order valence-corrected chi connectivity index (χ3v) is 1.75. The van der Waals surface area contributed by atoms with Gasteiger partial charge in [-0.1, -0.05) is 12.1 Å². The van der Waals surface area contributed by atoms with Crippen LogP contribution in [0.15, 0.2) is 48.8 Å². The van der Waals surface area contributed by atoms with Gasteiger partial charge in [0.05, 0.1) is 23.3 Å². The monoisotopic (exact) mass is 374 g/mol. The Balaban J connectivity index is -0.0000000771. The zero-order valence-electron chi connectivity index (χ0n) is 11.5. The number of carboxylic acid groups (broad SMARTS) is 2. The summed E-state index contributed by atoms with van der Waals surface area (Å²) in [7, 11) is 0. The van der Waals surface area contributed by atoms with Crippen LogP contribution in [0.4, 0.5) is 0 Å². The first-order chi connectivity index (χ1) is 8.61. The predicted molar refractivity (Wildman–Crippen MR) is 71.6 cm³/mol. The second-order valence-corrected chi connectivity index (χ2v) is 3.00. The fraction of sp³-hybridized carbons (Fsp3) is 0. The van der Waals surface area contributed by atoms with E-state index in [-0.39, 0.29) is 49.8 Å². The van der Waals surface area contributed by atoms with Gasteiger partial charge in [0.2, 0.25) is 0 Å². The molecule has 0 aromatic carbocycles. The molecular weight excluding hydrogens is 359 g/mol. The first-order valence-electron chi connectivity index (χ1n) is 4.86. The summed E-state index contributed by atoms with van der Waals surface area (Å²) in [4.78, 5) is 27.1. The third-order valence-electron chi connectivity index (χ3n) is 1.75. The number of carboxylic acids is 2. The van der Waals surface area contributed by atoms with Crippen molar-refractivity contribution in [2.24, 2.45) is 0 Å². The molecule has 2 heterocycles. The molecule has 8 N–H and O–H groups in total. The van der Waals surface area contributed by atoms with Crippen LogP contribution in [0.5, 0.6) is 0 Å². The molecule has 10 nitrogen and oxygen atoms in total. The molecule has 0 aliphatic heterocycles. The predicted octanol–water partition coefficient (Wildman–Crippen LogP) is -4.41. The van der Waals surface area contributed by atoms with Gasteiger partial charge in [-0.25, -0.2) is 0 Å². The van der Waals surface area contributed by atoms with Crippen LogP contribution < -0.4 is 10.2 Å². The van der Waals surface area contributed by atoms with Gasteiger partial charge in [-0.15, -0.1) is 0 Å². The molecule has 0 unspecified atom stereocenters. The van der Waals surface area contributed by atoms with Crippen molar-refractivity contribution in [2.45, 2.75) is 0 Å². The van der Waals surface area contributed by atoms with E-state index in [1.165, 1.54) is 24.5 Å². The Morgan fingerprint density at radius 2 is 1.00 bits per heavy atom. The molecule has 0 fully saturated rings. The molecule has 2 aromatic heterocycles. The van der Waals surface area contributed by atoms with Crippen molar-refractivity contribution in [3.05, 3.63) is 60.2 Å². The molecule has 0 amide bonds. The first kappa shape index (κ1) is 32.5. The molecule has 0 saturated carbocycles. The van der Waals surface area contributed by atoms with Crippen LogP contribution in [0.2, 0.25) is 0 Å². The maximum absolute atomic E-state index is 10.0. The maximum atomic E-state index is 10.0. The summed E-state index contributed by atoms with van der Waals surface area (Å²) >= 11 is 0. The number of rotatable bonds is 2. The molecule has 132 valence electrons. The number of aromatic carboxylic acids is 2. The van der Waals surface area contributed by atoms with Crippen LogP contribution >= 0.6 is 0 Å². The van der Waals surface area contributed by atoms with E-state index < -0.39 is 11.9 Å². The fourth-order valence-electron chi connectivity index (χ4n) is 0.967. The Kier molecular flexibility index (Phi) is 24.9. The molecule has 0 atom stereocenters. The zero-order valence-corrected chi connectivity index (χ0v) is 12.5. The number of hydrogen-bond acceptors (Lipinski definition) is 6.